The molecule has 0 amide bonds. The number of hydrogen-bond acceptors (Lipinski definition) is 10. The van der Waals surface area contributed by atoms with E-state index < -0.39 is 59.6 Å². The molecule has 10 heteroatoms. The van der Waals surface area contributed by atoms with Crippen molar-refractivity contribution in [3.63, 3.8) is 0 Å². The SMILES string of the molecule is O=c1cc(-c2ccc(O)cc2)oc2cc(O)c([C@H]3O[C@H](CO)[C@@H](O)[C@@H](O)[C@@H]3O)c(O)c12. The summed E-state index contributed by atoms with van der Waals surface area (Å²) in [6, 6.07) is 8.00. The van der Waals surface area contributed by atoms with Gasteiger partial charge in [0, 0.05) is 17.7 Å². The molecule has 5 atom stereocenters. The summed E-state index contributed by atoms with van der Waals surface area (Å²) >= 11 is 0. The second-order valence-corrected chi connectivity index (χ2v) is 7.30. The Bertz CT molecular complexity index is 1170. The molecule has 2 heterocycles. The Morgan fingerprint density at radius 1 is 0.903 bits per heavy atom. The topological polar surface area (TPSA) is 181 Å². The fraction of sp³-hybridized carbons (Fsp3) is 0.286. The van der Waals surface area contributed by atoms with Gasteiger partial charge in [-0.25, -0.2) is 0 Å². The Kier molecular flexibility index (Phi) is 5.33. The van der Waals surface area contributed by atoms with Gasteiger partial charge in [0.05, 0.1) is 12.2 Å². The van der Waals surface area contributed by atoms with E-state index in [9.17, 15) is 40.5 Å². The summed E-state index contributed by atoms with van der Waals surface area (Å²) < 4.78 is 11.0. The first-order chi connectivity index (χ1) is 14.7. The summed E-state index contributed by atoms with van der Waals surface area (Å²) in [4.78, 5) is 12.7. The van der Waals surface area contributed by atoms with Crippen LogP contribution in [0, 0.1) is 0 Å². The average Bonchev–Trinajstić information content (AvgIpc) is 2.73. The summed E-state index contributed by atoms with van der Waals surface area (Å²) in [6.45, 7) is -0.700. The molecule has 1 fully saturated rings. The molecule has 1 saturated heterocycles. The largest absolute Gasteiger partial charge is 0.508 e. The van der Waals surface area contributed by atoms with E-state index in [1.807, 2.05) is 0 Å². The fourth-order valence-corrected chi connectivity index (χ4v) is 3.69. The number of fused-ring (bicyclic) bond motifs is 1. The van der Waals surface area contributed by atoms with Crippen LogP contribution in [0.15, 0.2) is 45.6 Å². The Balaban J connectivity index is 1.85. The van der Waals surface area contributed by atoms with Gasteiger partial charge in [-0.2, -0.15) is 0 Å². The standard InChI is InChI=1S/C21H20O10/c22-7-14-17(26)19(28)20(29)21(31-14)16-11(25)6-13-15(18(16)27)10(24)5-12(30-13)8-1-3-9(23)4-2-8/h1-6,14,17,19-23,25-29H,7H2/t14-,17-,19-,20+,21-/m1/s1. The van der Waals surface area contributed by atoms with Gasteiger partial charge in [-0.1, -0.05) is 0 Å². The maximum absolute atomic E-state index is 12.7. The van der Waals surface area contributed by atoms with Crippen molar-refractivity contribution in [2.24, 2.45) is 0 Å². The van der Waals surface area contributed by atoms with Crippen LogP contribution >= 0.6 is 0 Å². The molecule has 3 aromatic rings. The van der Waals surface area contributed by atoms with Gasteiger partial charge in [-0.3, -0.25) is 4.79 Å². The predicted molar refractivity (Wildman–Crippen MR) is 106 cm³/mol. The molecular weight excluding hydrogens is 412 g/mol. The minimum atomic E-state index is -1.77. The molecular formula is C21H20O10. The highest BCUT2D eigenvalue weighted by Gasteiger charge is 2.46. The molecule has 1 aliphatic heterocycles. The molecule has 31 heavy (non-hydrogen) atoms. The summed E-state index contributed by atoms with van der Waals surface area (Å²) in [5.74, 6) is -1.19. The molecule has 7 N–H and O–H groups in total. The Morgan fingerprint density at radius 2 is 1.58 bits per heavy atom. The van der Waals surface area contributed by atoms with Gasteiger partial charge >= 0.3 is 0 Å². The Hall–Kier alpha value is -3.15. The zero-order valence-electron chi connectivity index (χ0n) is 15.9. The van der Waals surface area contributed by atoms with Crippen LogP contribution in [-0.4, -0.2) is 66.8 Å². The third kappa shape index (κ3) is 3.50. The number of phenolic OH excluding ortho intramolecular Hbond substituents is 3. The lowest BCUT2D eigenvalue weighted by molar-refractivity contribution is -0.232. The summed E-state index contributed by atoms with van der Waals surface area (Å²) in [6.07, 6.45) is -7.95. The molecule has 0 bridgehead atoms. The van der Waals surface area contributed by atoms with Crippen LogP contribution in [0.2, 0.25) is 0 Å². The van der Waals surface area contributed by atoms with Crippen molar-refractivity contribution in [3.8, 4) is 28.6 Å². The summed E-state index contributed by atoms with van der Waals surface area (Å²) in [7, 11) is 0. The van der Waals surface area contributed by atoms with Crippen LogP contribution in [-0.2, 0) is 4.74 Å². The normalized spacial score (nSPS) is 26.3. The van der Waals surface area contributed by atoms with Crippen molar-refractivity contribution < 1.29 is 44.9 Å². The van der Waals surface area contributed by atoms with Crippen LogP contribution in [0.25, 0.3) is 22.3 Å². The highest BCUT2D eigenvalue weighted by molar-refractivity contribution is 5.88. The van der Waals surface area contributed by atoms with Gasteiger partial charge in [0.15, 0.2) is 5.43 Å². The molecule has 0 radical (unpaired) electrons. The number of benzene rings is 2. The zero-order valence-corrected chi connectivity index (χ0v) is 15.9. The smallest absolute Gasteiger partial charge is 0.197 e. The van der Waals surface area contributed by atoms with Crippen molar-refractivity contribution >= 4 is 11.0 Å². The van der Waals surface area contributed by atoms with Crippen LogP contribution < -0.4 is 5.43 Å². The quantitative estimate of drug-likeness (QED) is 0.300. The molecule has 0 aliphatic carbocycles. The summed E-state index contributed by atoms with van der Waals surface area (Å²) in [5.41, 5.74) is -0.741. The highest BCUT2D eigenvalue weighted by atomic mass is 16.5. The lowest BCUT2D eigenvalue weighted by atomic mass is 9.89. The molecule has 0 saturated carbocycles. The number of aliphatic hydroxyl groups is 4. The molecule has 0 spiro atoms. The first-order valence-corrected chi connectivity index (χ1v) is 9.35. The molecule has 0 unspecified atom stereocenters. The third-order valence-corrected chi connectivity index (χ3v) is 5.34. The third-order valence-electron chi connectivity index (χ3n) is 5.34. The Morgan fingerprint density at radius 3 is 2.23 bits per heavy atom. The molecule has 164 valence electrons. The van der Waals surface area contributed by atoms with Crippen LogP contribution in [0.4, 0.5) is 0 Å². The minimum absolute atomic E-state index is 0.0198. The van der Waals surface area contributed by atoms with E-state index in [1.165, 1.54) is 24.3 Å². The average molecular weight is 432 g/mol. The maximum atomic E-state index is 12.7. The van der Waals surface area contributed by atoms with E-state index in [1.54, 1.807) is 0 Å². The van der Waals surface area contributed by atoms with Gasteiger partial charge in [-0.05, 0) is 24.3 Å². The van der Waals surface area contributed by atoms with Gasteiger partial charge < -0.3 is 44.9 Å². The first kappa shape index (κ1) is 21.1. The van der Waals surface area contributed by atoms with E-state index >= 15 is 0 Å². The van der Waals surface area contributed by atoms with Crippen LogP contribution in [0.5, 0.6) is 17.2 Å². The van der Waals surface area contributed by atoms with E-state index in [2.05, 4.69) is 0 Å². The monoisotopic (exact) mass is 432 g/mol. The molecule has 4 rings (SSSR count). The van der Waals surface area contributed by atoms with Crippen LogP contribution in [0.3, 0.4) is 0 Å². The highest BCUT2D eigenvalue weighted by Crippen LogP contribution is 2.44. The summed E-state index contributed by atoms with van der Waals surface area (Å²) in [5, 5.41) is 70.0. The van der Waals surface area contributed by atoms with E-state index in [0.717, 1.165) is 12.1 Å². The minimum Gasteiger partial charge on any atom is -0.508 e. The maximum Gasteiger partial charge on any atom is 0.197 e. The molecule has 10 nitrogen and oxygen atoms in total. The molecule has 1 aliphatic rings. The second kappa shape index (κ2) is 7.84. The van der Waals surface area contributed by atoms with E-state index in [4.69, 9.17) is 9.15 Å². The van der Waals surface area contributed by atoms with E-state index in [-0.39, 0.29) is 22.5 Å². The van der Waals surface area contributed by atoms with Crippen molar-refractivity contribution in [2.45, 2.75) is 30.5 Å². The van der Waals surface area contributed by atoms with Gasteiger partial charge in [0.2, 0.25) is 0 Å². The number of aliphatic hydroxyl groups excluding tert-OH is 4. The van der Waals surface area contributed by atoms with Crippen molar-refractivity contribution in [3.05, 3.63) is 52.2 Å². The van der Waals surface area contributed by atoms with Crippen molar-refractivity contribution in [1.29, 1.82) is 0 Å². The number of hydrogen-bond donors (Lipinski definition) is 7. The number of ether oxygens (including phenoxy) is 1. The van der Waals surface area contributed by atoms with Gasteiger partial charge in [0.25, 0.3) is 0 Å². The Labute approximate surface area is 174 Å². The number of rotatable bonds is 3. The van der Waals surface area contributed by atoms with Crippen LogP contribution in [0.1, 0.15) is 11.7 Å². The lowest BCUT2D eigenvalue weighted by Gasteiger charge is -2.40. The van der Waals surface area contributed by atoms with Crippen molar-refractivity contribution in [2.75, 3.05) is 6.61 Å². The lowest BCUT2D eigenvalue weighted by Crippen LogP contribution is -2.55. The van der Waals surface area contributed by atoms with Crippen molar-refractivity contribution in [1.82, 2.24) is 0 Å². The second-order valence-electron chi connectivity index (χ2n) is 7.30. The molecule has 1 aromatic heterocycles. The van der Waals surface area contributed by atoms with E-state index in [0.29, 0.717) is 5.56 Å². The van der Waals surface area contributed by atoms with Gasteiger partial charge in [-0.15, -0.1) is 0 Å². The fourth-order valence-electron chi connectivity index (χ4n) is 3.69. The van der Waals surface area contributed by atoms with Gasteiger partial charge in [0.1, 0.15) is 64.5 Å². The molecule has 2 aromatic carbocycles. The number of aromatic hydroxyl groups is 3. The zero-order chi connectivity index (χ0) is 22.4. The first-order valence-electron chi connectivity index (χ1n) is 9.35. The number of phenols is 3. The predicted octanol–water partition coefficient (Wildman–Crippen LogP) is 0.0917.